The van der Waals surface area contributed by atoms with E-state index in [0.717, 1.165) is 11.4 Å². The first kappa shape index (κ1) is 11.8. The van der Waals surface area contributed by atoms with Crippen molar-refractivity contribution in [2.45, 2.75) is 19.9 Å². The minimum atomic E-state index is 0.319. The van der Waals surface area contributed by atoms with Crippen molar-refractivity contribution in [2.75, 3.05) is 12.4 Å². The molecular weight excluding hydrogens is 208 g/mol. The maximum absolute atomic E-state index is 5.20. The van der Waals surface area contributed by atoms with E-state index in [1.54, 1.807) is 7.11 Å². The molecule has 1 aromatic rings. The van der Waals surface area contributed by atoms with Crippen LogP contribution >= 0.6 is 12.2 Å². The van der Waals surface area contributed by atoms with Crippen molar-refractivity contribution in [2.24, 2.45) is 0 Å². The van der Waals surface area contributed by atoms with Crippen molar-refractivity contribution in [3.8, 4) is 5.75 Å². The van der Waals surface area contributed by atoms with Gasteiger partial charge < -0.3 is 15.4 Å². The summed E-state index contributed by atoms with van der Waals surface area (Å²) >= 11 is 5.14. The summed E-state index contributed by atoms with van der Waals surface area (Å²) in [5.41, 5.74) is 0.873. The van der Waals surface area contributed by atoms with Gasteiger partial charge in [-0.15, -0.1) is 0 Å². The zero-order chi connectivity index (χ0) is 11.3. The van der Waals surface area contributed by atoms with E-state index < -0.39 is 0 Å². The third-order valence-electron chi connectivity index (χ3n) is 1.77. The molecule has 0 saturated heterocycles. The summed E-state index contributed by atoms with van der Waals surface area (Å²) in [5.74, 6) is 0.783. The third-order valence-corrected chi connectivity index (χ3v) is 1.99. The second kappa shape index (κ2) is 5.56. The number of hydrogen-bond acceptors (Lipinski definition) is 2. The normalized spacial score (nSPS) is 9.87. The Morgan fingerprint density at radius 3 is 2.60 bits per heavy atom. The zero-order valence-electron chi connectivity index (χ0n) is 9.20. The fourth-order valence-corrected chi connectivity index (χ4v) is 1.51. The molecule has 0 saturated carbocycles. The Kier molecular flexibility index (Phi) is 4.37. The average Bonchev–Trinajstić information content (AvgIpc) is 2.17. The van der Waals surface area contributed by atoms with Crippen LogP contribution < -0.4 is 15.4 Å². The number of benzene rings is 1. The highest BCUT2D eigenvalue weighted by molar-refractivity contribution is 7.80. The van der Waals surface area contributed by atoms with Crippen LogP contribution in [0.4, 0.5) is 5.69 Å². The summed E-state index contributed by atoms with van der Waals surface area (Å²) in [6, 6.07) is 7.99. The lowest BCUT2D eigenvalue weighted by atomic mass is 10.3. The molecular formula is C11H16N2OS. The van der Waals surface area contributed by atoms with Gasteiger partial charge in [-0.05, 0) is 38.2 Å². The highest BCUT2D eigenvalue weighted by Gasteiger charge is 2.03. The van der Waals surface area contributed by atoms with E-state index in [9.17, 15) is 0 Å². The van der Waals surface area contributed by atoms with Crippen LogP contribution in [-0.2, 0) is 0 Å². The molecule has 1 aromatic carbocycles. The lowest BCUT2D eigenvalue weighted by Crippen LogP contribution is -2.33. The van der Waals surface area contributed by atoms with E-state index >= 15 is 0 Å². The number of methoxy groups -OCH3 is 1. The molecule has 0 amide bonds. The summed E-state index contributed by atoms with van der Waals surface area (Å²) in [5, 5.41) is 6.80. The Labute approximate surface area is 95.8 Å². The topological polar surface area (TPSA) is 33.3 Å². The molecule has 4 heteroatoms. The van der Waals surface area contributed by atoms with E-state index in [0.29, 0.717) is 11.2 Å². The molecule has 3 nitrogen and oxygen atoms in total. The number of hydrogen-bond donors (Lipinski definition) is 2. The summed E-state index contributed by atoms with van der Waals surface area (Å²) < 4.78 is 5.20. The molecule has 0 spiro atoms. The van der Waals surface area contributed by atoms with Gasteiger partial charge in [0.25, 0.3) is 0 Å². The predicted octanol–water partition coefficient (Wildman–Crippen LogP) is 2.39. The molecule has 0 radical (unpaired) electrons. The van der Waals surface area contributed by atoms with Crippen molar-refractivity contribution in [3.05, 3.63) is 24.3 Å². The van der Waals surface area contributed by atoms with Gasteiger partial charge >= 0.3 is 0 Å². The maximum Gasteiger partial charge on any atom is 0.171 e. The number of nitrogens with one attached hydrogen (secondary N) is 2. The quantitative estimate of drug-likeness (QED) is 0.772. The van der Waals surface area contributed by atoms with Gasteiger partial charge in [0.2, 0.25) is 0 Å². The second-order valence-electron chi connectivity index (χ2n) is 3.45. The number of para-hydroxylation sites is 2. The van der Waals surface area contributed by atoms with E-state index in [1.807, 2.05) is 38.1 Å². The SMILES string of the molecule is COc1ccccc1NC(=S)NC(C)C. The Morgan fingerprint density at radius 2 is 2.00 bits per heavy atom. The third kappa shape index (κ3) is 3.75. The van der Waals surface area contributed by atoms with Crippen LogP contribution in [0.25, 0.3) is 0 Å². The lowest BCUT2D eigenvalue weighted by molar-refractivity contribution is 0.417. The van der Waals surface area contributed by atoms with Crippen molar-refractivity contribution in [1.29, 1.82) is 0 Å². The van der Waals surface area contributed by atoms with Crippen molar-refractivity contribution in [1.82, 2.24) is 5.32 Å². The first-order valence-corrected chi connectivity index (χ1v) is 5.25. The zero-order valence-corrected chi connectivity index (χ0v) is 10.0. The monoisotopic (exact) mass is 224 g/mol. The van der Waals surface area contributed by atoms with Gasteiger partial charge in [0.15, 0.2) is 5.11 Å². The van der Waals surface area contributed by atoms with Gasteiger partial charge in [-0.2, -0.15) is 0 Å². The summed E-state index contributed by atoms with van der Waals surface area (Å²) in [4.78, 5) is 0. The van der Waals surface area contributed by atoms with Crippen LogP contribution in [0.5, 0.6) is 5.75 Å². The molecule has 0 unspecified atom stereocenters. The Balaban J connectivity index is 2.67. The van der Waals surface area contributed by atoms with E-state index in [1.165, 1.54) is 0 Å². The van der Waals surface area contributed by atoms with Crippen LogP contribution in [0.1, 0.15) is 13.8 Å². The number of anilines is 1. The van der Waals surface area contributed by atoms with E-state index in [-0.39, 0.29) is 0 Å². The minimum Gasteiger partial charge on any atom is -0.495 e. The Hall–Kier alpha value is -1.29. The molecule has 15 heavy (non-hydrogen) atoms. The molecule has 0 heterocycles. The minimum absolute atomic E-state index is 0.319. The van der Waals surface area contributed by atoms with Gasteiger partial charge in [0.05, 0.1) is 12.8 Å². The van der Waals surface area contributed by atoms with Gasteiger partial charge in [0, 0.05) is 6.04 Å². The van der Waals surface area contributed by atoms with E-state index in [4.69, 9.17) is 17.0 Å². The summed E-state index contributed by atoms with van der Waals surface area (Å²) in [6.45, 7) is 4.08. The fourth-order valence-electron chi connectivity index (χ4n) is 1.17. The van der Waals surface area contributed by atoms with Gasteiger partial charge in [0.1, 0.15) is 5.75 Å². The molecule has 0 aliphatic heterocycles. The molecule has 0 aliphatic carbocycles. The van der Waals surface area contributed by atoms with Gasteiger partial charge in [-0.1, -0.05) is 12.1 Å². The molecule has 0 aromatic heterocycles. The van der Waals surface area contributed by atoms with E-state index in [2.05, 4.69) is 10.6 Å². The predicted molar refractivity (Wildman–Crippen MR) is 67.5 cm³/mol. The molecule has 0 aliphatic rings. The van der Waals surface area contributed by atoms with Crippen LogP contribution in [0.15, 0.2) is 24.3 Å². The maximum atomic E-state index is 5.20. The van der Waals surface area contributed by atoms with Crippen molar-refractivity contribution >= 4 is 23.0 Å². The van der Waals surface area contributed by atoms with Crippen LogP contribution in [-0.4, -0.2) is 18.3 Å². The molecule has 82 valence electrons. The van der Waals surface area contributed by atoms with Crippen LogP contribution in [0.3, 0.4) is 0 Å². The Bertz CT molecular complexity index is 339. The Morgan fingerprint density at radius 1 is 1.33 bits per heavy atom. The molecule has 0 fully saturated rings. The highest BCUT2D eigenvalue weighted by atomic mass is 32.1. The molecule has 2 N–H and O–H groups in total. The first-order valence-electron chi connectivity index (χ1n) is 4.84. The molecule has 1 rings (SSSR count). The number of ether oxygens (including phenoxy) is 1. The van der Waals surface area contributed by atoms with Gasteiger partial charge in [-0.3, -0.25) is 0 Å². The van der Waals surface area contributed by atoms with Crippen molar-refractivity contribution in [3.63, 3.8) is 0 Å². The number of rotatable bonds is 3. The first-order chi connectivity index (χ1) is 7.13. The van der Waals surface area contributed by atoms with Gasteiger partial charge in [-0.25, -0.2) is 0 Å². The fraction of sp³-hybridized carbons (Fsp3) is 0.364. The van der Waals surface area contributed by atoms with Crippen LogP contribution in [0, 0.1) is 0 Å². The average molecular weight is 224 g/mol. The number of thiocarbonyl (C=S) groups is 1. The van der Waals surface area contributed by atoms with Crippen molar-refractivity contribution < 1.29 is 4.74 Å². The molecule has 0 bridgehead atoms. The standard InChI is InChI=1S/C11H16N2OS/c1-8(2)12-11(15)13-9-6-4-5-7-10(9)14-3/h4-8H,1-3H3,(H2,12,13,15). The van der Waals surface area contributed by atoms with Crippen LogP contribution in [0.2, 0.25) is 0 Å². The second-order valence-corrected chi connectivity index (χ2v) is 3.86. The summed E-state index contributed by atoms with van der Waals surface area (Å²) in [6.07, 6.45) is 0. The molecule has 0 atom stereocenters. The largest absolute Gasteiger partial charge is 0.495 e. The highest BCUT2D eigenvalue weighted by Crippen LogP contribution is 2.22. The summed E-state index contributed by atoms with van der Waals surface area (Å²) in [7, 11) is 1.64. The lowest BCUT2D eigenvalue weighted by Gasteiger charge is -2.14. The smallest absolute Gasteiger partial charge is 0.171 e.